The molecule has 0 N–H and O–H groups in total. The van der Waals surface area contributed by atoms with Crippen molar-refractivity contribution in [1.29, 1.82) is 0 Å². The van der Waals surface area contributed by atoms with Gasteiger partial charge >= 0.3 is 0 Å². The van der Waals surface area contributed by atoms with Gasteiger partial charge in [-0.1, -0.05) is 13.8 Å². The Morgan fingerprint density at radius 2 is 1.61 bits per heavy atom. The van der Waals surface area contributed by atoms with Gasteiger partial charge in [0.25, 0.3) is 0 Å². The summed E-state index contributed by atoms with van der Waals surface area (Å²) in [5.41, 5.74) is 0. The minimum Gasteiger partial charge on any atom is -0.377 e. The zero-order valence-electron chi connectivity index (χ0n) is 15.5. The molecule has 2 rings (SSSR count). The molecule has 23 heavy (non-hydrogen) atoms. The molecule has 0 spiro atoms. The van der Waals surface area contributed by atoms with Crippen LogP contribution in [0, 0.1) is 11.8 Å². The van der Waals surface area contributed by atoms with Gasteiger partial charge in [0.15, 0.2) is 0 Å². The van der Waals surface area contributed by atoms with E-state index in [1.54, 1.807) is 0 Å². The third kappa shape index (κ3) is 6.40. The number of hydrogen-bond acceptors (Lipinski definition) is 4. The fraction of sp³-hybridized carbons (Fsp3) is 0.944. The molecule has 1 amide bonds. The van der Waals surface area contributed by atoms with E-state index in [0.29, 0.717) is 30.4 Å². The highest BCUT2D eigenvalue weighted by atomic mass is 16.5. The first-order valence-electron chi connectivity index (χ1n) is 9.28. The topological polar surface area (TPSA) is 36.0 Å². The lowest BCUT2D eigenvalue weighted by molar-refractivity contribution is -0.135. The maximum atomic E-state index is 12.5. The van der Waals surface area contributed by atoms with E-state index in [9.17, 15) is 4.79 Å². The van der Waals surface area contributed by atoms with Gasteiger partial charge in [-0.2, -0.15) is 0 Å². The van der Waals surface area contributed by atoms with Crippen molar-refractivity contribution in [3.05, 3.63) is 0 Å². The highest BCUT2D eigenvalue weighted by Gasteiger charge is 2.27. The van der Waals surface area contributed by atoms with Gasteiger partial charge in [0.05, 0.1) is 19.3 Å². The van der Waals surface area contributed by atoms with Gasteiger partial charge in [0.1, 0.15) is 0 Å². The lowest BCUT2D eigenvalue weighted by Crippen LogP contribution is -2.52. The largest absolute Gasteiger partial charge is 0.377 e. The standard InChI is InChI=1S/C18H35N3O2/c1-15(2)23-10-9-19-5-7-20(8-6-19)14-18(22)21-12-16(3)11-17(4)13-21/h15-17H,5-14H2,1-4H3. The molecule has 2 saturated heterocycles. The molecule has 2 atom stereocenters. The second-order valence-corrected chi connectivity index (χ2v) is 7.78. The molecule has 2 aliphatic rings. The molecule has 0 aromatic rings. The number of nitrogens with zero attached hydrogens (tertiary/aromatic N) is 3. The summed E-state index contributed by atoms with van der Waals surface area (Å²) in [6, 6.07) is 0. The first-order valence-corrected chi connectivity index (χ1v) is 9.28. The van der Waals surface area contributed by atoms with Crippen LogP contribution in [0.25, 0.3) is 0 Å². The number of piperidine rings is 1. The van der Waals surface area contributed by atoms with Crippen molar-refractivity contribution in [2.24, 2.45) is 11.8 Å². The van der Waals surface area contributed by atoms with Crippen LogP contribution in [0.15, 0.2) is 0 Å². The fourth-order valence-electron chi connectivity index (χ4n) is 3.75. The summed E-state index contributed by atoms with van der Waals surface area (Å²) >= 11 is 0. The highest BCUT2D eigenvalue weighted by molar-refractivity contribution is 5.78. The summed E-state index contributed by atoms with van der Waals surface area (Å²) in [6.07, 6.45) is 1.56. The Morgan fingerprint density at radius 1 is 1.04 bits per heavy atom. The molecule has 2 fully saturated rings. The van der Waals surface area contributed by atoms with Crippen LogP contribution in [0.3, 0.4) is 0 Å². The Labute approximate surface area is 141 Å². The van der Waals surface area contributed by atoms with E-state index in [0.717, 1.165) is 52.4 Å². The third-order valence-corrected chi connectivity index (χ3v) is 4.90. The van der Waals surface area contributed by atoms with E-state index in [2.05, 4.69) is 42.4 Å². The molecule has 2 heterocycles. The molecule has 5 nitrogen and oxygen atoms in total. The molecule has 0 aromatic carbocycles. The SMILES string of the molecule is CC1CC(C)CN(C(=O)CN2CCN(CCOC(C)C)CC2)C1. The second kappa shape index (κ2) is 9.00. The van der Waals surface area contributed by atoms with Crippen LogP contribution in [0.2, 0.25) is 0 Å². The molecule has 0 radical (unpaired) electrons. The van der Waals surface area contributed by atoms with Crippen molar-refractivity contribution < 1.29 is 9.53 Å². The summed E-state index contributed by atoms with van der Waals surface area (Å²) in [5, 5.41) is 0. The van der Waals surface area contributed by atoms with Gasteiger partial charge < -0.3 is 9.64 Å². The van der Waals surface area contributed by atoms with Gasteiger partial charge in [0.2, 0.25) is 5.91 Å². The summed E-state index contributed by atoms with van der Waals surface area (Å²) < 4.78 is 5.62. The van der Waals surface area contributed by atoms with E-state index in [-0.39, 0.29) is 0 Å². The predicted octanol–water partition coefficient (Wildman–Crippen LogP) is 1.53. The van der Waals surface area contributed by atoms with E-state index < -0.39 is 0 Å². The lowest BCUT2D eigenvalue weighted by Gasteiger charge is -2.38. The van der Waals surface area contributed by atoms with Gasteiger partial charge in [-0.15, -0.1) is 0 Å². The van der Waals surface area contributed by atoms with Crippen LogP contribution in [-0.2, 0) is 9.53 Å². The second-order valence-electron chi connectivity index (χ2n) is 7.78. The normalized spacial score (nSPS) is 27.6. The molecule has 134 valence electrons. The van der Waals surface area contributed by atoms with Crippen molar-refractivity contribution >= 4 is 5.91 Å². The van der Waals surface area contributed by atoms with Crippen molar-refractivity contribution in [3.63, 3.8) is 0 Å². The molecule has 0 aliphatic carbocycles. The Hall–Kier alpha value is -0.650. The molecule has 0 bridgehead atoms. The maximum absolute atomic E-state index is 12.5. The smallest absolute Gasteiger partial charge is 0.236 e. The summed E-state index contributed by atoms with van der Waals surface area (Å²) in [5.74, 6) is 1.60. The van der Waals surface area contributed by atoms with Crippen molar-refractivity contribution in [1.82, 2.24) is 14.7 Å². The van der Waals surface area contributed by atoms with Crippen LogP contribution in [0.5, 0.6) is 0 Å². The van der Waals surface area contributed by atoms with Gasteiger partial charge in [-0.3, -0.25) is 14.6 Å². The number of piperazine rings is 1. The summed E-state index contributed by atoms with van der Waals surface area (Å²) in [7, 11) is 0. The Balaban J connectivity index is 1.66. The molecular weight excluding hydrogens is 290 g/mol. The number of amides is 1. The monoisotopic (exact) mass is 325 g/mol. The molecule has 0 aromatic heterocycles. The van der Waals surface area contributed by atoms with E-state index in [1.165, 1.54) is 6.42 Å². The number of likely N-dealkylation sites (tertiary alicyclic amines) is 1. The molecule has 5 heteroatoms. The van der Waals surface area contributed by atoms with E-state index in [1.807, 2.05) is 0 Å². The van der Waals surface area contributed by atoms with Crippen LogP contribution in [0.1, 0.15) is 34.1 Å². The molecule has 2 aliphatic heterocycles. The lowest BCUT2D eigenvalue weighted by atomic mass is 9.92. The number of carbonyl (C=O) groups excluding carboxylic acids is 1. The number of carbonyl (C=O) groups is 1. The Bertz CT molecular complexity index is 357. The first-order chi connectivity index (χ1) is 10.9. The van der Waals surface area contributed by atoms with Crippen molar-refractivity contribution in [3.8, 4) is 0 Å². The number of ether oxygens (including phenoxy) is 1. The predicted molar refractivity (Wildman–Crippen MR) is 93.5 cm³/mol. The number of rotatable bonds is 6. The van der Waals surface area contributed by atoms with Crippen LogP contribution in [0.4, 0.5) is 0 Å². The Kier molecular flexibility index (Phi) is 7.31. The Morgan fingerprint density at radius 3 is 2.17 bits per heavy atom. The van der Waals surface area contributed by atoms with E-state index >= 15 is 0 Å². The maximum Gasteiger partial charge on any atom is 0.236 e. The highest BCUT2D eigenvalue weighted by Crippen LogP contribution is 2.21. The van der Waals surface area contributed by atoms with Crippen molar-refractivity contribution in [2.75, 3.05) is 59.0 Å². The molecule has 2 unspecified atom stereocenters. The minimum atomic E-state index is 0.309. The first kappa shape index (κ1) is 18.7. The van der Waals surface area contributed by atoms with E-state index in [4.69, 9.17) is 4.74 Å². The minimum absolute atomic E-state index is 0.309. The fourth-order valence-corrected chi connectivity index (χ4v) is 3.75. The van der Waals surface area contributed by atoms with Crippen LogP contribution in [-0.4, -0.2) is 85.7 Å². The quantitative estimate of drug-likeness (QED) is 0.742. The average Bonchev–Trinajstić information content (AvgIpc) is 2.47. The average molecular weight is 325 g/mol. The molecule has 0 saturated carbocycles. The van der Waals surface area contributed by atoms with Gasteiger partial charge in [-0.25, -0.2) is 0 Å². The van der Waals surface area contributed by atoms with Crippen LogP contribution < -0.4 is 0 Å². The van der Waals surface area contributed by atoms with Crippen LogP contribution >= 0.6 is 0 Å². The zero-order chi connectivity index (χ0) is 16.8. The molecular formula is C18H35N3O2. The third-order valence-electron chi connectivity index (χ3n) is 4.90. The zero-order valence-corrected chi connectivity index (χ0v) is 15.5. The van der Waals surface area contributed by atoms with Crippen molar-refractivity contribution in [2.45, 2.75) is 40.2 Å². The summed E-state index contributed by atoms with van der Waals surface area (Å²) in [6.45, 7) is 17.0. The summed E-state index contributed by atoms with van der Waals surface area (Å²) in [4.78, 5) is 19.4. The van der Waals surface area contributed by atoms with Gasteiger partial charge in [-0.05, 0) is 32.1 Å². The van der Waals surface area contributed by atoms with Gasteiger partial charge in [0, 0.05) is 45.8 Å². The number of hydrogen-bond donors (Lipinski definition) is 0.